The highest BCUT2D eigenvalue weighted by atomic mass is 31.2. The third kappa shape index (κ3) is 55.1. The molecular formula is C63H123N2O7P. The van der Waals surface area contributed by atoms with Crippen LogP contribution in [0.2, 0.25) is 0 Å². The molecule has 0 fully saturated rings. The Morgan fingerprint density at radius 2 is 0.795 bits per heavy atom. The summed E-state index contributed by atoms with van der Waals surface area (Å²) < 4.78 is 30.3. The maximum absolute atomic E-state index is 13.5. The number of hydrogen-bond acceptors (Lipinski definition) is 7. The molecule has 0 rings (SSSR count). The highest BCUT2D eigenvalue weighted by Crippen LogP contribution is 2.38. The summed E-state index contributed by atoms with van der Waals surface area (Å²) >= 11 is 0. The molecule has 432 valence electrons. The summed E-state index contributed by atoms with van der Waals surface area (Å²) in [5, 5.41) is 3.03. The van der Waals surface area contributed by atoms with Crippen molar-refractivity contribution >= 4 is 19.7 Å². The Hall–Kier alpha value is -1.51. The van der Waals surface area contributed by atoms with Crippen molar-refractivity contribution in [2.24, 2.45) is 0 Å². The number of phosphoric ester groups is 1. The molecule has 0 spiro atoms. The summed E-state index contributed by atoms with van der Waals surface area (Å²) in [5.74, 6) is -0.527. The molecule has 1 amide bonds. The molecule has 10 heteroatoms. The van der Waals surface area contributed by atoms with E-state index in [1.807, 2.05) is 33.3 Å². The van der Waals surface area contributed by atoms with Crippen LogP contribution in [0.1, 0.15) is 316 Å². The van der Waals surface area contributed by atoms with Gasteiger partial charge in [-0.05, 0) is 57.4 Å². The van der Waals surface area contributed by atoms with E-state index in [0.29, 0.717) is 17.4 Å². The first kappa shape index (κ1) is 71.5. The first-order chi connectivity index (χ1) is 35.4. The van der Waals surface area contributed by atoms with Crippen LogP contribution >= 0.6 is 7.82 Å². The second kappa shape index (κ2) is 53.9. The van der Waals surface area contributed by atoms with Gasteiger partial charge in [-0.25, -0.2) is 0 Å². The number of amides is 1. The van der Waals surface area contributed by atoms with Gasteiger partial charge >= 0.3 is 5.97 Å². The average Bonchev–Trinajstić information content (AvgIpc) is 3.35. The monoisotopic (exact) mass is 1050 g/mol. The number of rotatable bonds is 58. The van der Waals surface area contributed by atoms with E-state index >= 15 is 0 Å². The summed E-state index contributed by atoms with van der Waals surface area (Å²) in [6.07, 6.45) is 63.0. The van der Waals surface area contributed by atoms with Gasteiger partial charge in [0.15, 0.2) is 0 Å². The fourth-order valence-electron chi connectivity index (χ4n) is 9.46. The van der Waals surface area contributed by atoms with Crippen molar-refractivity contribution in [3.63, 3.8) is 0 Å². The highest BCUT2D eigenvalue weighted by molar-refractivity contribution is 7.45. The maximum atomic E-state index is 13.5. The van der Waals surface area contributed by atoms with E-state index in [-0.39, 0.29) is 31.5 Å². The SMILES string of the molecule is CCCCCCCC/C=C/CCCCCCCCCCCCCCCCCC(=O)NC(COP(=O)([O-])OCC[N+](C)(C)C)C(/C=C\CCCCCCCCCCC)OC(=O)CCCCCCCCCCCCC. The van der Waals surface area contributed by atoms with Gasteiger partial charge in [0.2, 0.25) is 5.91 Å². The molecule has 3 atom stereocenters. The molecule has 0 aromatic heterocycles. The molecule has 0 radical (unpaired) electrons. The molecule has 0 aliphatic heterocycles. The van der Waals surface area contributed by atoms with E-state index in [4.69, 9.17) is 13.8 Å². The number of quaternary nitrogens is 1. The molecule has 3 unspecified atom stereocenters. The van der Waals surface area contributed by atoms with Crippen LogP contribution in [-0.2, 0) is 27.9 Å². The highest BCUT2D eigenvalue weighted by Gasteiger charge is 2.27. The number of ether oxygens (including phenoxy) is 1. The van der Waals surface area contributed by atoms with Gasteiger partial charge in [-0.3, -0.25) is 14.2 Å². The van der Waals surface area contributed by atoms with Crippen LogP contribution in [0.5, 0.6) is 0 Å². The lowest BCUT2D eigenvalue weighted by Crippen LogP contribution is -2.47. The summed E-state index contributed by atoms with van der Waals surface area (Å²) in [6, 6.07) is -0.880. The Kier molecular flexibility index (Phi) is 52.8. The second-order valence-corrected chi connectivity index (χ2v) is 24.3. The lowest BCUT2D eigenvalue weighted by atomic mass is 10.0. The molecule has 73 heavy (non-hydrogen) atoms. The zero-order chi connectivity index (χ0) is 53.6. The van der Waals surface area contributed by atoms with Crippen LogP contribution in [-0.4, -0.2) is 69.4 Å². The van der Waals surface area contributed by atoms with Gasteiger partial charge < -0.3 is 28.5 Å². The molecule has 9 nitrogen and oxygen atoms in total. The Balaban J connectivity index is 4.98. The molecule has 0 saturated heterocycles. The van der Waals surface area contributed by atoms with Crippen LogP contribution in [0, 0.1) is 0 Å². The Morgan fingerprint density at radius 1 is 0.466 bits per heavy atom. The standard InChI is InChI=1S/C63H123N2O7P/c1-7-10-13-16-19-22-25-26-27-28-29-30-31-32-33-34-35-36-37-38-41-43-46-49-52-55-62(66)64-60(59-71-73(68,69)70-58-57-65(4,5)6)61(54-51-48-45-42-39-23-20-17-14-11-8-2)72-63(67)56-53-50-47-44-40-24-21-18-15-12-9-3/h26-27,51,54,60-61H,7-25,28-50,52-53,55-59H2,1-6H3,(H-,64,66,68,69)/b27-26+,54-51-. The van der Waals surface area contributed by atoms with Gasteiger partial charge in [0.25, 0.3) is 7.82 Å². The molecule has 0 saturated carbocycles. The molecule has 0 aromatic rings. The first-order valence-corrected chi connectivity index (χ1v) is 33.1. The minimum atomic E-state index is -4.69. The molecule has 0 aromatic carbocycles. The Labute approximate surface area is 454 Å². The number of nitrogens with one attached hydrogen (secondary N) is 1. The molecular weight excluding hydrogens is 928 g/mol. The van der Waals surface area contributed by atoms with E-state index in [9.17, 15) is 19.0 Å². The van der Waals surface area contributed by atoms with Crippen molar-refractivity contribution in [2.75, 3.05) is 40.9 Å². The van der Waals surface area contributed by atoms with Crippen molar-refractivity contribution in [3.05, 3.63) is 24.3 Å². The van der Waals surface area contributed by atoms with E-state index < -0.39 is 20.0 Å². The van der Waals surface area contributed by atoms with Gasteiger partial charge in [0.1, 0.15) is 19.3 Å². The summed E-state index contributed by atoms with van der Waals surface area (Å²) in [7, 11) is 1.20. The minimum absolute atomic E-state index is 0.0184. The van der Waals surface area contributed by atoms with Crippen molar-refractivity contribution in [2.45, 2.75) is 328 Å². The van der Waals surface area contributed by atoms with Gasteiger partial charge in [0, 0.05) is 12.8 Å². The van der Waals surface area contributed by atoms with Crippen LogP contribution in [0.25, 0.3) is 0 Å². The number of allylic oxidation sites excluding steroid dienone is 3. The van der Waals surface area contributed by atoms with Gasteiger partial charge in [-0.2, -0.15) is 0 Å². The molecule has 0 bridgehead atoms. The van der Waals surface area contributed by atoms with E-state index in [0.717, 1.165) is 57.8 Å². The number of phosphoric acid groups is 1. The van der Waals surface area contributed by atoms with Gasteiger partial charge in [-0.1, -0.05) is 270 Å². The molecule has 0 aliphatic carbocycles. The fraction of sp³-hybridized carbons (Fsp3) is 0.905. The number of esters is 1. The number of carbonyl (C=O) groups excluding carboxylic acids is 2. The van der Waals surface area contributed by atoms with Crippen molar-refractivity contribution in [1.29, 1.82) is 0 Å². The van der Waals surface area contributed by atoms with Crippen LogP contribution in [0.15, 0.2) is 24.3 Å². The van der Waals surface area contributed by atoms with Crippen LogP contribution in [0.4, 0.5) is 0 Å². The minimum Gasteiger partial charge on any atom is -0.756 e. The normalized spacial score (nSPS) is 13.8. The largest absolute Gasteiger partial charge is 0.756 e. The van der Waals surface area contributed by atoms with Crippen molar-refractivity contribution in [1.82, 2.24) is 5.32 Å². The predicted molar refractivity (Wildman–Crippen MR) is 312 cm³/mol. The van der Waals surface area contributed by atoms with Crippen LogP contribution < -0.4 is 10.2 Å². The third-order valence-electron chi connectivity index (χ3n) is 14.4. The van der Waals surface area contributed by atoms with Gasteiger partial charge in [0.05, 0.1) is 33.8 Å². The van der Waals surface area contributed by atoms with Crippen molar-refractivity contribution in [3.8, 4) is 0 Å². The summed E-state index contributed by atoms with van der Waals surface area (Å²) in [6.45, 7) is 6.86. The lowest BCUT2D eigenvalue weighted by Gasteiger charge is -2.30. The Morgan fingerprint density at radius 3 is 1.16 bits per heavy atom. The Bertz CT molecular complexity index is 1300. The summed E-state index contributed by atoms with van der Waals surface area (Å²) in [5.41, 5.74) is 0. The molecule has 1 N–H and O–H groups in total. The number of carbonyl (C=O) groups is 2. The third-order valence-corrected chi connectivity index (χ3v) is 15.3. The van der Waals surface area contributed by atoms with E-state index in [1.165, 1.54) is 225 Å². The number of nitrogens with zero attached hydrogens (tertiary/aromatic N) is 1. The zero-order valence-electron chi connectivity index (χ0n) is 49.4. The molecule has 0 aliphatic rings. The number of likely N-dealkylation sites (N-methyl/N-ethyl adjacent to an activating group) is 1. The topological polar surface area (TPSA) is 114 Å². The van der Waals surface area contributed by atoms with Crippen LogP contribution in [0.3, 0.4) is 0 Å². The number of unbranched alkanes of at least 4 members (excludes halogenated alkanes) is 40. The maximum Gasteiger partial charge on any atom is 0.306 e. The summed E-state index contributed by atoms with van der Waals surface area (Å²) in [4.78, 5) is 39.9. The fourth-order valence-corrected chi connectivity index (χ4v) is 10.2. The average molecular weight is 1050 g/mol. The number of hydrogen-bond donors (Lipinski definition) is 1. The second-order valence-electron chi connectivity index (χ2n) is 22.9. The smallest absolute Gasteiger partial charge is 0.306 e. The van der Waals surface area contributed by atoms with Crippen molar-refractivity contribution < 1.29 is 37.3 Å². The molecule has 0 heterocycles. The van der Waals surface area contributed by atoms with Gasteiger partial charge in [-0.15, -0.1) is 0 Å². The van der Waals surface area contributed by atoms with E-state index in [2.05, 4.69) is 38.2 Å². The quantitative estimate of drug-likeness (QED) is 0.0212. The first-order valence-electron chi connectivity index (χ1n) is 31.6. The predicted octanol–water partition coefficient (Wildman–Crippen LogP) is 18.7. The van der Waals surface area contributed by atoms with E-state index in [1.54, 1.807) is 0 Å². The lowest BCUT2D eigenvalue weighted by molar-refractivity contribution is -0.870. The zero-order valence-corrected chi connectivity index (χ0v) is 50.3.